The Bertz CT molecular complexity index is 970. The van der Waals surface area contributed by atoms with E-state index in [0.29, 0.717) is 17.4 Å². The first-order valence-electron chi connectivity index (χ1n) is 12.1. The van der Waals surface area contributed by atoms with Crippen LogP contribution in [0.3, 0.4) is 0 Å². The number of rotatable bonds is 7. The third-order valence-corrected chi connectivity index (χ3v) is 8.39. The summed E-state index contributed by atoms with van der Waals surface area (Å²) in [7, 11) is 0. The second-order valence-corrected chi connectivity index (χ2v) is 10.9. The van der Waals surface area contributed by atoms with E-state index in [4.69, 9.17) is 4.74 Å². The largest absolute Gasteiger partial charge is 0.370 e. The molecule has 2 unspecified atom stereocenters. The Morgan fingerprint density at radius 2 is 1.69 bits per heavy atom. The molecule has 1 aliphatic heterocycles. The third-order valence-electron chi connectivity index (χ3n) is 8.39. The van der Waals surface area contributed by atoms with Crippen LogP contribution in [-0.4, -0.2) is 29.1 Å². The molecule has 7 rings (SSSR count). The molecular weight excluding hydrogens is 406 g/mol. The van der Waals surface area contributed by atoms with Crippen LogP contribution in [0.4, 0.5) is 8.78 Å². The second kappa shape index (κ2) is 7.89. The van der Waals surface area contributed by atoms with Crippen LogP contribution < -0.4 is 5.32 Å². The van der Waals surface area contributed by atoms with E-state index in [1.54, 1.807) is 0 Å². The normalized spacial score (nSPS) is 33.1. The Kier molecular flexibility index (Phi) is 5.12. The number of nitrogens with one attached hydrogen (secondary N) is 1. The van der Waals surface area contributed by atoms with Crippen LogP contribution in [0.5, 0.6) is 0 Å². The lowest BCUT2D eigenvalue weighted by Gasteiger charge is -2.62. The first-order valence-corrected chi connectivity index (χ1v) is 12.1. The molecular formula is C27H32F2N2O. The van der Waals surface area contributed by atoms with Gasteiger partial charge in [-0.1, -0.05) is 30.3 Å². The summed E-state index contributed by atoms with van der Waals surface area (Å²) in [5.74, 6) is 0.343. The van der Waals surface area contributed by atoms with Crippen molar-refractivity contribution in [2.45, 2.75) is 69.4 Å². The van der Waals surface area contributed by atoms with Crippen molar-refractivity contribution in [3.63, 3.8) is 0 Å². The Hall–Kier alpha value is -1.82. The topological polar surface area (TPSA) is 24.5 Å². The molecule has 1 heterocycles. The maximum Gasteiger partial charge on any atom is 0.131 e. The standard InChI is InChI=1S/C27H32F2N2O/c28-24-6-5-23(25(29)10-24)17-32-27-13-19-9-20(14-27)12-26(11-19,18-27)30-7-8-31-15-21-3-1-2-4-22(21)16-31/h1-6,10,19-20,30H,7-9,11-18H2. The Morgan fingerprint density at radius 1 is 0.969 bits per heavy atom. The van der Waals surface area contributed by atoms with E-state index in [9.17, 15) is 8.78 Å². The van der Waals surface area contributed by atoms with Gasteiger partial charge < -0.3 is 10.1 Å². The number of nitrogens with zero attached hydrogens (tertiary/aromatic N) is 1. The summed E-state index contributed by atoms with van der Waals surface area (Å²) in [6, 6.07) is 12.5. The second-order valence-electron chi connectivity index (χ2n) is 10.9. The van der Waals surface area contributed by atoms with Gasteiger partial charge in [-0.25, -0.2) is 8.78 Å². The van der Waals surface area contributed by atoms with E-state index in [2.05, 4.69) is 34.5 Å². The number of halogens is 2. The minimum absolute atomic E-state index is 0.151. The number of fused-ring (bicyclic) bond motifs is 1. The fourth-order valence-corrected chi connectivity index (χ4v) is 7.46. The van der Waals surface area contributed by atoms with Gasteiger partial charge in [-0.2, -0.15) is 0 Å². The molecule has 32 heavy (non-hydrogen) atoms. The van der Waals surface area contributed by atoms with Crippen molar-refractivity contribution in [1.82, 2.24) is 10.2 Å². The van der Waals surface area contributed by atoms with Gasteiger partial charge in [-0.15, -0.1) is 0 Å². The van der Waals surface area contributed by atoms with Gasteiger partial charge in [-0.05, 0) is 67.6 Å². The van der Waals surface area contributed by atoms with Crippen LogP contribution in [0.25, 0.3) is 0 Å². The molecule has 0 amide bonds. The quantitative estimate of drug-likeness (QED) is 0.645. The van der Waals surface area contributed by atoms with Gasteiger partial charge in [0.15, 0.2) is 0 Å². The summed E-state index contributed by atoms with van der Waals surface area (Å²) in [5.41, 5.74) is 3.36. The Morgan fingerprint density at radius 3 is 2.38 bits per heavy atom. The summed E-state index contributed by atoms with van der Waals surface area (Å²) >= 11 is 0. The molecule has 3 nitrogen and oxygen atoms in total. The zero-order chi connectivity index (χ0) is 21.8. The van der Waals surface area contributed by atoms with Crippen molar-refractivity contribution in [2.75, 3.05) is 13.1 Å². The first kappa shape index (κ1) is 20.8. The van der Waals surface area contributed by atoms with Crippen LogP contribution >= 0.6 is 0 Å². The van der Waals surface area contributed by atoms with E-state index in [0.717, 1.165) is 51.5 Å². The Labute approximate surface area is 189 Å². The predicted molar refractivity (Wildman–Crippen MR) is 120 cm³/mol. The van der Waals surface area contributed by atoms with Gasteiger partial charge in [0.1, 0.15) is 11.6 Å². The van der Waals surface area contributed by atoms with Gasteiger partial charge in [0.2, 0.25) is 0 Å². The highest BCUT2D eigenvalue weighted by Gasteiger charge is 2.58. The van der Waals surface area contributed by atoms with Gasteiger partial charge in [0.05, 0.1) is 12.2 Å². The fourth-order valence-electron chi connectivity index (χ4n) is 7.46. The van der Waals surface area contributed by atoms with Crippen LogP contribution in [0, 0.1) is 23.5 Å². The molecule has 0 spiro atoms. The lowest BCUT2D eigenvalue weighted by molar-refractivity contribution is -0.182. The van der Waals surface area contributed by atoms with Gasteiger partial charge in [0.25, 0.3) is 0 Å². The minimum Gasteiger partial charge on any atom is -0.370 e. The molecule has 2 aromatic rings. The summed E-state index contributed by atoms with van der Waals surface area (Å²) in [5, 5.41) is 3.98. The highest BCUT2D eigenvalue weighted by molar-refractivity contribution is 5.30. The molecule has 4 bridgehead atoms. The van der Waals surface area contributed by atoms with Crippen molar-refractivity contribution in [3.05, 3.63) is 70.8 Å². The molecule has 4 aliphatic carbocycles. The van der Waals surface area contributed by atoms with Gasteiger partial charge in [0, 0.05) is 43.3 Å². The van der Waals surface area contributed by atoms with Gasteiger partial charge in [-0.3, -0.25) is 4.90 Å². The van der Waals surface area contributed by atoms with Crippen LogP contribution in [0.1, 0.15) is 55.2 Å². The summed E-state index contributed by atoms with van der Waals surface area (Å²) in [4.78, 5) is 2.53. The smallest absolute Gasteiger partial charge is 0.131 e. The number of ether oxygens (including phenoxy) is 1. The van der Waals surface area contributed by atoms with Crippen LogP contribution in [-0.2, 0) is 24.4 Å². The minimum atomic E-state index is -0.537. The molecule has 2 atom stereocenters. The molecule has 4 fully saturated rings. The van der Waals surface area contributed by atoms with E-state index in [-0.39, 0.29) is 17.7 Å². The van der Waals surface area contributed by atoms with Crippen LogP contribution in [0.15, 0.2) is 42.5 Å². The fraction of sp³-hybridized carbons (Fsp3) is 0.556. The molecule has 0 saturated heterocycles. The average molecular weight is 439 g/mol. The van der Waals surface area contributed by atoms with Gasteiger partial charge >= 0.3 is 0 Å². The van der Waals surface area contributed by atoms with E-state index < -0.39 is 11.6 Å². The van der Waals surface area contributed by atoms with Crippen molar-refractivity contribution < 1.29 is 13.5 Å². The van der Waals surface area contributed by atoms with Crippen LogP contribution in [0.2, 0.25) is 0 Å². The molecule has 170 valence electrons. The molecule has 4 saturated carbocycles. The summed E-state index contributed by atoms with van der Waals surface area (Å²) < 4.78 is 33.9. The number of hydrogen-bond acceptors (Lipinski definition) is 3. The predicted octanol–water partition coefficient (Wildman–Crippen LogP) is 5.18. The average Bonchev–Trinajstić information content (AvgIpc) is 3.15. The molecule has 0 aromatic heterocycles. The SMILES string of the molecule is Fc1ccc(COC23CC4CC(CC(NCCN5Cc6ccccc6C5)(C4)C2)C3)c(F)c1. The molecule has 1 N–H and O–H groups in total. The maximum absolute atomic E-state index is 14.2. The monoisotopic (exact) mass is 438 g/mol. The zero-order valence-electron chi connectivity index (χ0n) is 18.6. The van der Waals surface area contributed by atoms with Crippen molar-refractivity contribution in [2.24, 2.45) is 11.8 Å². The van der Waals surface area contributed by atoms with E-state index >= 15 is 0 Å². The maximum atomic E-state index is 14.2. The number of benzene rings is 2. The third kappa shape index (κ3) is 3.89. The van der Waals surface area contributed by atoms with Crippen molar-refractivity contribution >= 4 is 0 Å². The highest BCUT2D eigenvalue weighted by Crippen LogP contribution is 2.59. The first-order chi connectivity index (χ1) is 15.5. The molecule has 2 aromatic carbocycles. The lowest BCUT2D eigenvalue weighted by Crippen LogP contribution is -2.65. The molecule has 5 heteroatoms. The molecule has 5 aliphatic rings. The molecule has 0 radical (unpaired) electrons. The van der Waals surface area contributed by atoms with E-state index in [1.807, 2.05) is 0 Å². The summed E-state index contributed by atoms with van der Waals surface area (Å²) in [6.45, 7) is 4.38. The van der Waals surface area contributed by atoms with E-state index in [1.165, 1.54) is 42.5 Å². The summed E-state index contributed by atoms with van der Waals surface area (Å²) in [6.07, 6.45) is 6.95. The highest BCUT2D eigenvalue weighted by atomic mass is 19.1. The zero-order valence-corrected chi connectivity index (χ0v) is 18.6. The van der Waals surface area contributed by atoms with Crippen molar-refractivity contribution in [1.29, 1.82) is 0 Å². The lowest BCUT2D eigenvalue weighted by atomic mass is 9.51. The van der Waals surface area contributed by atoms with Crippen molar-refractivity contribution in [3.8, 4) is 0 Å². The number of hydrogen-bond donors (Lipinski definition) is 1. The Balaban J connectivity index is 1.09.